The highest BCUT2D eigenvalue weighted by Crippen LogP contribution is 2.16. The zero-order valence-electron chi connectivity index (χ0n) is 9.61. The molecule has 0 radical (unpaired) electrons. The predicted molar refractivity (Wildman–Crippen MR) is 64.7 cm³/mol. The molecule has 0 saturated carbocycles. The van der Waals surface area contributed by atoms with Crippen molar-refractivity contribution in [3.63, 3.8) is 0 Å². The fourth-order valence-electron chi connectivity index (χ4n) is 1.28. The summed E-state index contributed by atoms with van der Waals surface area (Å²) in [6.45, 7) is 0. The maximum atomic E-state index is 12.0. The Labute approximate surface area is 103 Å². The third-order valence-electron chi connectivity index (χ3n) is 2.02. The predicted octanol–water partition coefficient (Wildman–Crippen LogP) is 1.84. The van der Waals surface area contributed by atoms with Gasteiger partial charge in [-0.25, -0.2) is 15.0 Å². The van der Waals surface area contributed by atoms with Gasteiger partial charge in [-0.2, -0.15) is 5.11 Å². The molecule has 0 spiro atoms. The topological polar surface area (TPSA) is 92.5 Å². The van der Waals surface area contributed by atoms with Crippen LogP contribution in [-0.2, 0) is 0 Å². The van der Waals surface area contributed by atoms with Crippen molar-refractivity contribution >= 4 is 17.7 Å². The number of hydrogen-bond acceptors (Lipinski definition) is 6. The van der Waals surface area contributed by atoms with E-state index < -0.39 is 0 Å². The van der Waals surface area contributed by atoms with Crippen LogP contribution in [-0.4, -0.2) is 27.9 Å². The van der Waals surface area contributed by atoms with Crippen LogP contribution in [0.3, 0.4) is 0 Å². The summed E-state index contributed by atoms with van der Waals surface area (Å²) in [5, 5.41) is 9.94. The molecule has 2 heterocycles. The second-order valence-corrected chi connectivity index (χ2v) is 3.20. The van der Waals surface area contributed by atoms with E-state index in [-0.39, 0.29) is 17.7 Å². The number of hydrogen-bond donors (Lipinski definition) is 1. The lowest BCUT2D eigenvalue weighted by Crippen LogP contribution is -2.14. The molecule has 7 heteroatoms. The molecule has 0 aliphatic carbocycles. The number of aromatic nitrogens is 3. The van der Waals surface area contributed by atoms with Crippen molar-refractivity contribution in [3.8, 4) is 0 Å². The van der Waals surface area contributed by atoms with Crippen LogP contribution in [0.25, 0.3) is 0 Å². The van der Waals surface area contributed by atoms with Gasteiger partial charge in [0.05, 0.1) is 5.56 Å². The van der Waals surface area contributed by atoms with E-state index in [2.05, 4.69) is 30.5 Å². The van der Waals surface area contributed by atoms with Crippen molar-refractivity contribution < 1.29 is 4.79 Å². The third-order valence-corrected chi connectivity index (χ3v) is 2.02. The Hall–Kier alpha value is -2.70. The number of pyridine rings is 1. The fourth-order valence-corrected chi connectivity index (χ4v) is 1.28. The van der Waals surface area contributed by atoms with Crippen LogP contribution in [0.4, 0.5) is 11.8 Å². The van der Waals surface area contributed by atoms with Crippen LogP contribution in [0.1, 0.15) is 10.4 Å². The van der Waals surface area contributed by atoms with E-state index in [0.29, 0.717) is 5.56 Å². The largest absolute Gasteiger partial charge is 0.290 e. The van der Waals surface area contributed by atoms with Crippen LogP contribution in [0.2, 0.25) is 0 Å². The summed E-state index contributed by atoms with van der Waals surface area (Å²) in [4.78, 5) is 23.8. The number of carbonyl (C=O) groups excluding carboxylic acids is 1. The van der Waals surface area contributed by atoms with Gasteiger partial charge in [-0.1, -0.05) is 0 Å². The lowest BCUT2D eigenvalue weighted by atomic mass is 10.2. The van der Waals surface area contributed by atoms with E-state index in [1.165, 1.54) is 7.05 Å². The molecule has 1 amide bonds. The van der Waals surface area contributed by atoms with Crippen molar-refractivity contribution in [2.75, 3.05) is 12.4 Å². The molecular weight excluding hydrogens is 232 g/mol. The Morgan fingerprint density at radius 1 is 1.17 bits per heavy atom. The van der Waals surface area contributed by atoms with E-state index in [0.717, 1.165) is 0 Å². The van der Waals surface area contributed by atoms with Gasteiger partial charge in [-0.15, -0.1) is 5.11 Å². The molecule has 0 unspecified atom stereocenters. The average molecular weight is 242 g/mol. The van der Waals surface area contributed by atoms with Crippen molar-refractivity contribution in [2.24, 2.45) is 10.2 Å². The number of carbonyl (C=O) groups is 1. The van der Waals surface area contributed by atoms with E-state index in [1.807, 2.05) is 0 Å². The standard InChI is InChI=1S/C11H10N6O/c1-12-17-9-8(4-2-5-13-9)10(18)16-11-14-6-3-7-15-11/h2-7H,1H3,(H,14,15,16,18). The molecule has 0 bridgehead atoms. The van der Waals surface area contributed by atoms with E-state index >= 15 is 0 Å². The molecule has 0 saturated heterocycles. The highest BCUT2D eigenvalue weighted by molar-refractivity contribution is 6.06. The van der Waals surface area contributed by atoms with Crippen molar-refractivity contribution in [1.82, 2.24) is 15.0 Å². The summed E-state index contributed by atoms with van der Waals surface area (Å²) in [5.74, 6) is 0.107. The molecule has 2 rings (SSSR count). The Balaban J connectivity index is 2.24. The smallest absolute Gasteiger partial charge is 0.261 e. The molecule has 7 nitrogen and oxygen atoms in total. The summed E-state index contributed by atoms with van der Waals surface area (Å²) in [6, 6.07) is 4.92. The summed E-state index contributed by atoms with van der Waals surface area (Å²) in [5.41, 5.74) is 0.315. The van der Waals surface area contributed by atoms with Gasteiger partial charge in [0.2, 0.25) is 5.95 Å². The lowest BCUT2D eigenvalue weighted by Gasteiger charge is -2.04. The van der Waals surface area contributed by atoms with Gasteiger partial charge in [-0.3, -0.25) is 10.1 Å². The average Bonchev–Trinajstić information content (AvgIpc) is 2.41. The maximum absolute atomic E-state index is 12.0. The normalized spacial score (nSPS) is 10.5. The Bertz CT molecular complexity index is 569. The molecule has 0 aromatic carbocycles. The number of rotatable bonds is 3. The molecule has 0 fully saturated rings. The first kappa shape index (κ1) is 11.8. The number of nitrogens with one attached hydrogen (secondary N) is 1. The zero-order valence-corrected chi connectivity index (χ0v) is 9.61. The van der Waals surface area contributed by atoms with Gasteiger partial charge in [0.1, 0.15) is 0 Å². The lowest BCUT2D eigenvalue weighted by molar-refractivity contribution is 0.102. The Morgan fingerprint density at radius 3 is 2.61 bits per heavy atom. The number of anilines is 1. The first-order valence-electron chi connectivity index (χ1n) is 5.14. The minimum absolute atomic E-state index is 0.228. The van der Waals surface area contributed by atoms with Gasteiger partial charge in [0.15, 0.2) is 5.82 Å². The SMILES string of the molecule is CN=Nc1ncccc1C(=O)Nc1ncccn1. The Morgan fingerprint density at radius 2 is 1.89 bits per heavy atom. The summed E-state index contributed by atoms with van der Waals surface area (Å²) >= 11 is 0. The second kappa shape index (κ2) is 5.58. The van der Waals surface area contributed by atoms with E-state index in [4.69, 9.17) is 0 Å². The quantitative estimate of drug-likeness (QED) is 0.831. The summed E-state index contributed by atoms with van der Waals surface area (Å²) in [6.07, 6.45) is 4.62. The summed E-state index contributed by atoms with van der Waals surface area (Å²) in [7, 11) is 1.51. The molecule has 90 valence electrons. The van der Waals surface area contributed by atoms with Crippen LogP contribution in [0.5, 0.6) is 0 Å². The molecule has 2 aromatic rings. The maximum Gasteiger partial charge on any atom is 0.261 e. The highest BCUT2D eigenvalue weighted by atomic mass is 16.1. The van der Waals surface area contributed by atoms with Crippen LogP contribution >= 0.6 is 0 Å². The molecule has 0 aliphatic heterocycles. The minimum Gasteiger partial charge on any atom is -0.290 e. The number of azo groups is 1. The minimum atomic E-state index is -0.378. The molecular formula is C11H10N6O. The zero-order chi connectivity index (χ0) is 12.8. The van der Waals surface area contributed by atoms with Gasteiger partial charge in [-0.05, 0) is 18.2 Å². The number of amides is 1. The third kappa shape index (κ3) is 2.70. The van der Waals surface area contributed by atoms with E-state index in [9.17, 15) is 4.79 Å². The second-order valence-electron chi connectivity index (χ2n) is 3.20. The van der Waals surface area contributed by atoms with Crippen LogP contribution in [0, 0.1) is 0 Å². The summed E-state index contributed by atoms with van der Waals surface area (Å²) < 4.78 is 0. The van der Waals surface area contributed by atoms with Gasteiger partial charge >= 0.3 is 0 Å². The molecule has 2 aromatic heterocycles. The van der Waals surface area contributed by atoms with Crippen LogP contribution < -0.4 is 5.32 Å². The van der Waals surface area contributed by atoms with Crippen molar-refractivity contribution in [3.05, 3.63) is 42.4 Å². The molecule has 18 heavy (non-hydrogen) atoms. The first-order chi connectivity index (χ1) is 8.81. The van der Waals surface area contributed by atoms with Gasteiger partial charge < -0.3 is 0 Å². The van der Waals surface area contributed by atoms with Crippen LogP contribution in [0.15, 0.2) is 47.0 Å². The van der Waals surface area contributed by atoms with Gasteiger partial charge in [0.25, 0.3) is 5.91 Å². The van der Waals surface area contributed by atoms with Crippen molar-refractivity contribution in [1.29, 1.82) is 0 Å². The number of nitrogens with zero attached hydrogens (tertiary/aromatic N) is 5. The molecule has 1 N–H and O–H groups in total. The van der Waals surface area contributed by atoms with Crippen molar-refractivity contribution in [2.45, 2.75) is 0 Å². The first-order valence-corrected chi connectivity index (χ1v) is 5.14. The Kier molecular flexibility index (Phi) is 3.65. The molecule has 0 atom stereocenters. The fraction of sp³-hybridized carbons (Fsp3) is 0.0909. The van der Waals surface area contributed by atoms with Gasteiger partial charge in [0, 0.05) is 25.6 Å². The highest BCUT2D eigenvalue weighted by Gasteiger charge is 2.12. The monoisotopic (exact) mass is 242 g/mol. The van der Waals surface area contributed by atoms with E-state index in [1.54, 1.807) is 36.8 Å². The molecule has 0 aliphatic rings.